The van der Waals surface area contributed by atoms with Crippen molar-refractivity contribution >= 4 is 46.9 Å². The zero-order valence-electron chi connectivity index (χ0n) is 23.0. The Balaban J connectivity index is 1.36. The lowest BCUT2D eigenvalue weighted by molar-refractivity contribution is -0.116. The fourth-order valence-corrected chi connectivity index (χ4v) is 5.27. The highest BCUT2D eigenvalue weighted by Crippen LogP contribution is 2.37. The maximum absolute atomic E-state index is 13.5. The molecule has 1 aromatic heterocycles. The Morgan fingerprint density at radius 2 is 1.37 bits per heavy atom. The molecular formula is C35H28N4O3S. The minimum atomic E-state index is -0.543. The normalized spacial score (nSPS) is 11.7. The second kappa shape index (κ2) is 14.4. The molecule has 0 aliphatic rings. The summed E-state index contributed by atoms with van der Waals surface area (Å²) in [7, 11) is 0. The van der Waals surface area contributed by atoms with Crippen LogP contribution in [0.1, 0.15) is 26.7 Å². The molecule has 1 heterocycles. The quantitative estimate of drug-likeness (QED) is 0.122. The van der Waals surface area contributed by atoms with E-state index < -0.39 is 17.1 Å². The van der Waals surface area contributed by atoms with Crippen molar-refractivity contribution in [1.29, 1.82) is 0 Å². The fraction of sp³-hybridized carbons (Fsp3) is 0.0286. The maximum Gasteiger partial charge on any atom is 0.272 e. The van der Waals surface area contributed by atoms with Crippen molar-refractivity contribution in [1.82, 2.24) is 10.3 Å². The highest BCUT2D eigenvalue weighted by molar-refractivity contribution is 8.00. The summed E-state index contributed by atoms with van der Waals surface area (Å²) in [5.74, 6) is -1.08. The molecule has 1 unspecified atom stereocenters. The summed E-state index contributed by atoms with van der Waals surface area (Å²) in [5, 5.41) is 8.07. The van der Waals surface area contributed by atoms with Gasteiger partial charge in [-0.2, -0.15) is 0 Å². The third-order valence-electron chi connectivity index (χ3n) is 6.25. The second-order valence-corrected chi connectivity index (χ2v) is 10.6. The average Bonchev–Trinajstić information content (AvgIpc) is 3.05. The van der Waals surface area contributed by atoms with Gasteiger partial charge in [0.1, 0.15) is 10.9 Å². The van der Waals surface area contributed by atoms with E-state index >= 15 is 0 Å². The van der Waals surface area contributed by atoms with E-state index in [9.17, 15) is 14.4 Å². The topological polar surface area (TPSA) is 100 Å². The van der Waals surface area contributed by atoms with Gasteiger partial charge >= 0.3 is 0 Å². The highest BCUT2D eigenvalue weighted by atomic mass is 32.2. The lowest BCUT2D eigenvalue weighted by atomic mass is 10.1. The Bertz CT molecular complexity index is 1710. The minimum Gasteiger partial charge on any atom is -0.325 e. The van der Waals surface area contributed by atoms with Crippen molar-refractivity contribution in [2.75, 3.05) is 10.6 Å². The summed E-state index contributed by atoms with van der Waals surface area (Å²) in [4.78, 5) is 44.7. The van der Waals surface area contributed by atoms with E-state index in [1.165, 1.54) is 11.8 Å². The number of hydrogen-bond donors (Lipinski definition) is 3. The van der Waals surface area contributed by atoms with Crippen molar-refractivity contribution in [3.8, 4) is 0 Å². The predicted molar refractivity (Wildman–Crippen MR) is 171 cm³/mol. The standard InChI is InChI=1S/C35H28N4O3S/c40-33(27-15-6-2-7-16-27)39-31(22-25-12-11-21-36-24-25)34(41)38-29-19-10-20-30(23-29)43-32(26-13-4-1-5-14-26)35(42)37-28-17-8-3-9-18-28/h1-24,32H,(H,37,42)(H,38,41)(H,39,40)/b31-22-. The largest absolute Gasteiger partial charge is 0.325 e. The molecule has 5 rings (SSSR count). The van der Waals surface area contributed by atoms with Gasteiger partial charge in [-0.1, -0.05) is 78.9 Å². The Labute approximate surface area is 254 Å². The van der Waals surface area contributed by atoms with E-state index in [-0.39, 0.29) is 11.6 Å². The molecule has 212 valence electrons. The molecule has 0 saturated carbocycles. The lowest BCUT2D eigenvalue weighted by Crippen LogP contribution is -2.30. The molecule has 0 fully saturated rings. The number of nitrogens with one attached hydrogen (secondary N) is 3. The van der Waals surface area contributed by atoms with Gasteiger partial charge in [0.05, 0.1) is 0 Å². The van der Waals surface area contributed by atoms with Crippen molar-refractivity contribution < 1.29 is 14.4 Å². The summed E-state index contributed by atoms with van der Waals surface area (Å²) in [5.41, 5.74) is 3.20. The van der Waals surface area contributed by atoms with E-state index in [1.807, 2.05) is 78.9 Å². The van der Waals surface area contributed by atoms with E-state index in [2.05, 4.69) is 20.9 Å². The first-order valence-corrected chi connectivity index (χ1v) is 14.4. The molecule has 3 amide bonds. The van der Waals surface area contributed by atoms with Crippen LogP contribution in [0.15, 0.2) is 150 Å². The fourth-order valence-electron chi connectivity index (χ4n) is 4.18. The summed E-state index contributed by atoms with van der Waals surface area (Å²) in [6, 6.07) is 38.3. The van der Waals surface area contributed by atoms with Crippen molar-refractivity contribution in [2.45, 2.75) is 10.1 Å². The first-order chi connectivity index (χ1) is 21.0. The van der Waals surface area contributed by atoms with Crippen LogP contribution >= 0.6 is 11.8 Å². The third kappa shape index (κ3) is 8.28. The van der Waals surface area contributed by atoms with Gasteiger partial charge in [0.25, 0.3) is 11.8 Å². The monoisotopic (exact) mass is 584 g/mol. The van der Waals surface area contributed by atoms with Crippen molar-refractivity contribution in [2.24, 2.45) is 0 Å². The summed E-state index contributed by atoms with van der Waals surface area (Å²) >= 11 is 1.37. The van der Waals surface area contributed by atoms with Gasteiger partial charge in [0, 0.05) is 34.2 Å². The Kier molecular flexibility index (Phi) is 9.74. The first kappa shape index (κ1) is 29.0. The smallest absolute Gasteiger partial charge is 0.272 e. The Morgan fingerprint density at radius 3 is 2.07 bits per heavy atom. The second-order valence-electron chi connectivity index (χ2n) is 9.41. The number of benzene rings is 4. The molecule has 43 heavy (non-hydrogen) atoms. The molecule has 0 aliphatic carbocycles. The zero-order chi connectivity index (χ0) is 29.9. The van der Waals surface area contributed by atoms with Crippen LogP contribution in [0.2, 0.25) is 0 Å². The van der Waals surface area contributed by atoms with Crippen LogP contribution < -0.4 is 16.0 Å². The lowest BCUT2D eigenvalue weighted by Gasteiger charge is -2.18. The highest BCUT2D eigenvalue weighted by Gasteiger charge is 2.23. The molecule has 0 aliphatic heterocycles. The first-order valence-electron chi connectivity index (χ1n) is 13.5. The van der Waals surface area contributed by atoms with E-state index in [1.54, 1.807) is 67.0 Å². The van der Waals surface area contributed by atoms with Crippen LogP contribution in [-0.2, 0) is 9.59 Å². The molecule has 4 aromatic carbocycles. The SMILES string of the molecule is O=C(Nc1cccc(SC(C(=O)Nc2ccccc2)c2ccccc2)c1)/C(=C/c1cccnc1)NC(=O)c1ccccc1. The number of amides is 3. The third-order valence-corrected chi connectivity index (χ3v) is 7.50. The molecule has 0 radical (unpaired) electrons. The van der Waals surface area contributed by atoms with E-state index in [0.29, 0.717) is 22.5 Å². The van der Waals surface area contributed by atoms with Crippen molar-refractivity contribution in [3.05, 3.63) is 162 Å². The molecule has 3 N–H and O–H groups in total. The number of carbonyl (C=O) groups excluding carboxylic acids is 3. The van der Waals surface area contributed by atoms with Gasteiger partial charge in [-0.25, -0.2) is 0 Å². The number of pyridine rings is 1. The maximum atomic E-state index is 13.5. The number of rotatable bonds is 10. The zero-order valence-corrected chi connectivity index (χ0v) is 23.8. The van der Waals surface area contributed by atoms with Crippen LogP contribution in [0, 0.1) is 0 Å². The van der Waals surface area contributed by atoms with Gasteiger partial charge in [-0.3, -0.25) is 19.4 Å². The summed E-state index contributed by atoms with van der Waals surface area (Å²) in [6.07, 6.45) is 4.80. The van der Waals surface area contributed by atoms with Crippen LogP contribution in [0.25, 0.3) is 6.08 Å². The van der Waals surface area contributed by atoms with Gasteiger partial charge in [-0.15, -0.1) is 11.8 Å². The molecular weight excluding hydrogens is 556 g/mol. The van der Waals surface area contributed by atoms with E-state index in [0.717, 1.165) is 10.5 Å². The van der Waals surface area contributed by atoms with Gasteiger partial charge in [0.15, 0.2) is 0 Å². The number of para-hydroxylation sites is 1. The van der Waals surface area contributed by atoms with Crippen LogP contribution in [0.5, 0.6) is 0 Å². The Hall–Kier alpha value is -5.47. The molecule has 1 atom stereocenters. The molecule has 7 nitrogen and oxygen atoms in total. The summed E-state index contributed by atoms with van der Waals surface area (Å²) < 4.78 is 0. The number of hydrogen-bond acceptors (Lipinski definition) is 5. The number of carbonyl (C=O) groups is 3. The van der Waals surface area contributed by atoms with Crippen molar-refractivity contribution in [3.63, 3.8) is 0 Å². The number of anilines is 2. The van der Waals surface area contributed by atoms with Gasteiger partial charge < -0.3 is 16.0 Å². The average molecular weight is 585 g/mol. The summed E-state index contributed by atoms with van der Waals surface area (Å²) in [6.45, 7) is 0. The predicted octanol–water partition coefficient (Wildman–Crippen LogP) is 6.96. The number of nitrogens with zero attached hydrogens (tertiary/aromatic N) is 1. The van der Waals surface area contributed by atoms with Crippen LogP contribution in [-0.4, -0.2) is 22.7 Å². The van der Waals surface area contributed by atoms with Gasteiger partial charge in [0.2, 0.25) is 5.91 Å². The van der Waals surface area contributed by atoms with Crippen LogP contribution in [0.3, 0.4) is 0 Å². The Morgan fingerprint density at radius 1 is 0.698 bits per heavy atom. The molecule has 5 aromatic rings. The van der Waals surface area contributed by atoms with Gasteiger partial charge in [-0.05, 0) is 65.7 Å². The number of aromatic nitrogens is 1. The minimum absolute atomic E-state index is 0.0595. The number of thioether (sulfide) groups is 1. The molecule has 8 heteroatoms. The molecule has 0 saturated heterocycles. The molecule has 0 spiro atoms. The molecule has 0 bridgehead atoms. The van der Waals surface area contributed by atoms with Crippen LogP contribution in [0.4, 0.5) is 11.4 Å². The van der Waals surface area contributed by atoms with E-state index in [4.69, 9.17) is 0 Å².